The van der Waals surface area contributed by atoms with Gasteiger partial charge in [-0.15, -0.1) is 0 Å². The van der Waals surface area contributed by atoms with E-state index in [4.69, 9.17) is 0 Å². The Morgan fingerprint density at radius 2 is 1.72 bits per heavy atom. The van der Waals surface area contributed by atoms with Gasteiger partial charge in [-0.1, -0.05) is 23.5 Å². The van der Waals surface area contributed by atoms with Crippen molar-refractivity contribution in [1.82, 2.24) is 15.0 Å². The van der Waals surface area contributed by atoms with Gasteiger partial charge in [0.25, 0.3) is 15.9 Å². The summed E-state index contributed by atoms with van der Waals surface area (Å²) in [6.07, 6.45) is 0. The summed E-state index contributed by atoms with van der Waals surface area (Å²) in [6.45, 7) is 2.99. The maximum absolute atomic E-state index is 12.1. The summed E-state index contributed by atoms with van der Waals surface area (Å²) in [5, 5.41) is 2.57. The Bertz CT molecular complexity index is 942. The van der Waals surface area contributed by atoms with Gasteiger partial charge in [0.05, 0.1) is 0 Å². The van der Waals surface area contributed by atoms with E-state index < -0.39 is 14.9 Å². The lowest BCUT2D eigenvalue weighted by molar-refractivity contribution is 0.0952. The van der Waals surface area contributed by atoms with Crippen LogP contribution in [0.25, 0.3) is 0 Å². The fraction of sp³-hybridized carbons (Fsp3) is 0.267. The number of benzene rings is 1. The number of carbonyl (C=O) groups excluding carboxylic acids is 2. The molecule has 2 aromatic rings. The highest BCUT2D eigenvalue weighted by Gasteiger charge is 2.19. The molecule has 0 aliphatic heterocycles. The number of ketones is 1. The first-order valence-corrected chi connectivity index (χ1v) is 9.59. The summed E-state index contributed by atoms with van der Waals surface area (Å²) in [5.41, 5.74) is 1.15. The molecule has 1 aromatic carbocycles. The molecule has 0 atom stereocenters. The van der Waals surface area contributed by atoms with Crippen molar-refractivity contribution in [1.29, 1.82) is 0 Å². The number of nitrogens with one attached hydrogen (secondary N) is 3. The van der Waals surface area contributed by atoms with E-state index in [1.165, 1.54) is 26.0 Å². The zero-order chi connectivity index (χ0) is 18.6. The molecular formula is C15H17N3O5S2. The van der Waals surface area contributed by atoms with Crippen LogP contribution in [0, 0.1) is 6.92 Å². The first-order chi connectivity index (χ1) is 11.7. The molecule has 0 spiro atoms. The molecule has 1 amide bonds. The van der Waals surface area contributed by atoms with Gasteiger partial charge in [0, 0.05) is 29.9 Å². The van der Waals surface area contributed by atoms with Crippen LogP contribution in [-0.2, 0) is 10.0 Å². The van der Waals surface area contributed by atoms with Crippen molar-refractivity contribution in [3.05, 3.63) is 50.8 Å². The molecule has 0 saturated carbocycles. The van der Waals surface area contributed by atoms with Gasteiger partial charge < -0.3 is 10.3 Å². The molecule has 0 radical (unpaired) electrons. The highest BCUT2D eigenvalue weighted by molar-refractivity contribution is 7.91. The standard InChI is InChI=1S/C15H17N3O5S2/c1-9-14(24-15(21)18-9)25(22,23)17-8-7-16-13(20)12-5-3-11(4-6-12)10(2)19/h3-6,17H,7-8H2,1-2H3,(H,16,20)(H,18,21). The van der Waals surface area contributed by atoms with Crippen molar-refractivity contribution in [2.24, 2.45) is 0 Å². The summed E-state index contributed by atoms with van der Waals surface area (Å²) in [6, 6.07) is 6.15. The molecule has 0 bridgehead atoms. The Balaban J connectivity index is 1.88. The second kappa shape index (κ2) is 7.72. The first kappa shape index (κ1) is 19.0. The van der Waals surface area contributed by atoms with E-state index in [1.807, 2.05) is 0 Å². The predicted molar refractivity (Wildman–Crippen MR) is 93.6 cm³/mol. The summed E-state index contributed by atoms with van der Waals surface area (Å²) < 4.78 is 26.4. The molecule has 134 valence electrons. The summed E-state index contributed by atoms with van der Waals surface area (Å²) in [5.74, 6) is -0.472. The Morgan fingerprint density at radius 1 is 1.12 bits per heavy atom. The maximum atomic E-state index is 12.1. The van der Waals surface area contributed by atoms with Crippen molar-refractivity contribution in [3.8, 4) is 0 Å². The van der Waals surface area contributed by atoms with Gasteiger partial charge in [-0.05, 0) is 26.0 Å². The summed E-state index contributed by atoms with van der Waals surface area (Å²) >= 11 is 0.610. The van der Waals surface area contributed by atoms with Gasteiger partial charge >= 0.3 is 4.87 Å². The average molecular weight is 383 g/mol. The highest BCUT2D eigenvalue weighted by atomic mass is 32.2. The number of aryl methyl sites for hydroxylation is 1. The maximum Gasteiger partial charge on any atom is 0.305 e. The number of hydrogen-bond donors (Lipinski definition) is 3. The molecule has 10 heteroatoms. The third kappa shape index (κ3) is 4.84. The SMILES string of the molecule is CC(=O)c1ccc(C(=O)NCCNS(=O)(=O)c2sc(=O)[nH]c2C)cc1. The first-order valence-electron chi connectivity index (χ1n) is 7.29. The van der Waals surface area contributed by atoms with Crippen molar-refractivity contribution in [3.63, 3.8) is 0 Å². The molecule has 0 aliphatic carbocycles. The van der Waals surface area contributed by atoms with E-state index in [-0.39, 0.29) is 34.7 Å². The van der Waals surface area contributed by atoms with Crippen LogP contribution in [0.15, 0.2) is 33.3 Å². The normalized spacial score (nSPS) is 11.3. The lowest BCUT2D eigenvalue weighted by Crippen LogP contribution is -2.34. The number of H-pyrrole nitrogens is 1. The summed E-state index contributed by atoms with van der Waals surface area (Å²) in [7, 11) is -3.80. The Kier molecular flexibility index (Phi) is 5.88. The molecule has 0 aliphatic rings. The molecule has 0 fully saturated rings. The van der Waals surface area contributed by atoms with E-state index in [0.717, 1.165) is 0 Å². The molecule has 8 nitrogen and oxygen atoms in total. The van der Waals surface area contributed by atoms with Crippen LogP contribution in [-0.4, -0.2) is 38.2 Å². The average Bonchev–Trinajstić information content (AvgIpc) is 2.91. The molecule has 1 heterocycles. The number of sulfonamides is 1. The van der Waals surface area contributed by atoms with Crippen LogP contribution >= 0.6 is 11.3 Å². The predicted octanol–water partition coefficient (Wildman–Crippen LogP) is 0.656. The molecule has 3 N–H and O–H groups in total. The fourth-order valence-corrected chi connectivity index (χ4v) is 4.41. The van der Waals surface area contributed by atoms with Gasteiger partial charge in [-0.25, -0.2) is 13.1 Å². The van der Waals surface area contributed by atoms with E-state index in [1.54, 1.807) is 12.1 Å². The van der Waals surface area contributed by atoms with Crippen LogP contribution in [0.5, 0.6) is 0 Å². The van der Waals surface area contributed by atoms with Crippen LogP contribution < -0.4 is 14.9 Å². The lowest BCUT2D eigenvalue weighted by atomic mass is 10.1. The number of thiazole rings is 1. The second-order valence-corrected chi connectivity index (χ2v) is 8.16. The Labute approximate surface area is 148 Å². The van der Waals surface area contributed by atoms with Crippen LogP contribution in [0.1, 0.15) is 33.3 Å². The number of aromatic amines is 1. The van der Waals surface area contributed by atoms with Crippen molar-refractivity contribution in [2.75, 3.05) is 13.1 Å². The number of aromatic nitrogens is 1. The number of hydrogen-bond acceptors (Lipinski definition) is 6. The molecule has 0 saturated heterocycles. The van der Waals surface area contributed by atoms with Crippen LogP contribution in [0.3, 0.4) is 0 Å². The van der Waals surface area contributed by atoms with Crippen molar-refractivity contribution in [2.45, 2.75) is 18.1 Å². The topological polar surface area (TPSA) is 125 Å². The van der Waals surface area contributed by atoms with Crippen molar-refractivity contribution < 1.29 is 18.0 Å². The van der Waals surface area contributed by atoms with Gasteiger partial charge in [0.1, 0.15) is 0 Å². The van der Waals surface area contributed by atoms with Gasteiger partial charge in [0.2, 0.25) is 0 Å². The fourth-order valence-electron chi connectivity index (χ4n) is 2.03. The highest BCUT2D eigenvalue weighted by Crippen LogP contribution is 2.14. The molecular weight excluding hydrogens is 366 g/mol. The van der Waals surface area contributed by atoms with E-state index in [9.17, 15) is 22.8 Å². The Morgan fingerprint density at radius 3 is 2.24 bits per heavy atom. The molecule has 2 rings (SSSR count). The monoisotopic (exact) mass is 383 g/mol. The minimum Gasteiger partial charge on any atom is -0.351 e. The molecule has 1 aromatic heterocycles. The van der Waals surface area contributed by atoms with Crippen molar-refractivity contribution >= 4 is 33.1 Å². The van der Waals surface area contributed by atoms with E-state index in [0.29, 0.717) is 22.5 Å². The third-order valence-electron chi connectivity index (χ3n) is 3.28. The van der Waals surface area contributed by atoms with Gasteiger partial charge in [-0.2, -0.15) is 0 Å². The summed E-state index contributed by atoms with van der Waals surface area (Å²) in [4.78, 5) is 36.3. The quantitative estimate of drug-likeness (QED) is 0.478. The van der Waals surface area contributed by atoms with Crippen LogP contribution in [0.4, 0.5) is 0 Å². The van der Waals surface area contributed by atoms with Crippen LogP contribution in [0.2, 0.25) is 0 Å². The number of carbonyl (C=O) groups is 2. The number of Topliss-reactive ketones (excluding diaryl/α,β-unsaturated/α-hetero) is 1. The zero-order valence-electron chi connectivity index (χ0n) is 13.6. The van der Waals surface area contributed by atoms with E-state index in [2.05, 4.69) is 15.0 Å². The number of rotatable bonds is 7. The number of amides is 1. The third-order valence-corrected chi connectivity index (χ3v) is 6.35. The van der Waals surface area contributed by atoms with E-state index >= 15 is 0 Å². The zero-order valence-corrected chi connectivity index (χ0v) is 15.2. The smallest absolute Gasteiger partial charge is 0.305 e. The largest absolute Gasteiger partial charge is 0.351 e. The Hall–Kier alpha value is -2.30. The minimum absolute atomic E-state index is 0.0227. The molecule has 0 unspecified atom stereocenters. The van der Waals surface area contributed by atoms with Gasteiger partial charge in [0.15, 0.2) is 9.99 Å². The minimum atomic E-state index is -3.80. The van der Waals surface area contributed by atoms with Gasteiger partial charge in [-0.3, -0.25) is 14.4 Å². The molecule has 25 heavy (non-hydrogen) atoms. The second-order valence-electron chi connectivity index (χ2n) is 5.21. The lowest BCUT2D eigenvalue weighted by Gasteiger charge is -2.07.